The van der Waals surface area contributed by atoms with Gasteiger partial charge in [-0.2, -0.15) is 0 Å². The lowest BCUT2D eigenvalue weighted by Gasteiger charge is -2.07. The van der Waals surface area contributed by atoms with E-state index in [0.29, 0.717) is 23.1 Å². The lowest BCUT2D eigenvalue weighted by molar-refractivity contribution is 0.534. The summed E-state index contributed by atoms with van der Waals surface area (Å²) in [6, 6.07) is 2.68. The zero-order chi connectivity index (χ0) is 14.5. The summed E-state index contributed by atoms with van der Waals surface area (Å²) >= 11 is 0.875. The zero-order valence-corrected chi connectivity index (χ0v) is 12.2. The van der Waals surface area contributed by atoms with Crippen LogP contribution in [0.3, 0.4) is 0 Å². The van der Waals surface area contributed by atoms with E-state index in [4.69, 9.17) is 0 Å². The molecule has 20 heavy (non-hydrogen) atoms. The molecule has 0 aliphatic carbocycles. The standard InChI is InChI=1S/C13H16F2N4S/c1-3-4-16-7-9-5-10(14)12(11(15)6-9)20-13-17-8(2)18-19-13/h5-6,16H,3-4,7H2,1-2H3,(H,17,18,19). The molecule has 1 aromatic carbocycles. The van der Waals surface area contributed by atoms with E-state index in [0.717, 1.165) is 24.7 Å². The number of nitrogens with one attached hydrogen (secondary N) is 2. The van der Waals surface area contributed by atoms with Crippen molar-refractivity contribution in [3.63, 3.8) is 0 Å². The summed E-state index contributed by atoms with van der Waals surface area (Å²) in [4.78, 5) is 3.94. The fourth-order valence-corrected chi connectivity index (χ4v) is 2.45. The Hall–Kier alpha value is -1.47. The molecule has 0 saturated heterocycles. The largest absolute Gasteiger partial charge is 0.313 e. The van der Waals surface area contributed by atoms with Crippen molar-refractivity contribution in [1.29, 1.82) is 0 Å². The molecule has 0 aliphatic rings. The van der Waals surface area contributed by atoms with Crippen molar-refractivity contribution in [3.05, 3.63) is 35.2 Å². The first kappa shape index (κ1) is 14.9. The fourth-order valence-electron chi connectivity index (χ4n) is 1.68. The van der Waals surface area contributed by atoms with Crippen LogP contribution in [0.5, 0.6) is 0 Å². The normalized spacial score (nSPS) is 11.0. The van der Waals surface area contributed by atoms with Crippen molar-refractivity contribution in [2.45, 2.75) is 36.9 Å². The first-order chi connectivity index (χ1) is 9.60. The number of halogens is 2. The molecular weight excluding hydrogens is 282 g/mol. The summed E-state index contributed by atoms with van der Waals surface area (Å²) in [5, 5.41) is 9.91. The third-order valence-corrected chi connectivity index (χ3v) is 3.54. The zero-order valence-electron chi connectivity index (χ0n) is 11.3. The number of aryl methyl sites for hydroxylation is 1. The Morgan fingerprint density at radius 1 is 1.30 bits per heavy atom. The molecular formula is C13H16F2N4S. The second-order valence-corrected chi connectivity index (χ2v) is 5.35. The Bertz CT molecular complexity index is 562. The molecule has 1 heterocycles. The molecule has 0 amide bonds. The molecule has 7 heteroatoms. The number of hydrogen-bond acceptors (Lipinski definition) is 4. The number of benzene rings is 1. The maximum atomic E-state index is 14.0. The quantitative estimate of drug-likeness (QED) is 0.805. The predicted molar refractivity (Wildman–Crippen MR) is 73.6 cm³/mol. The summed E-state index contributed by atoms with van der Waals surface area (Å²) in [6.45, 7) is 5.03. The van der Waals surface area contributed by atoms with Crippen LogP contribution in [-0.4, -0.2) is 21.7 Å². The van der Waals surface area contributed by atoms with Gasteiger partial charge in [0, 0.05) is 6.54 Å². The van der Waals surface area contributed by atoms with Gasteiger partial charge in [-0.15, -0.1) is 5.10 Å². The molecule has 108 valence electrons. The molecule has 0 fully saturated rings. The second kappa shape index (κ2) is 6.81. The van der Waals surface area contributed by atoms with E-state index in [-0.39, 0.29) is 4.90 Å². The number of H-pyrrole nitrogens is 1. The Morgan fingerprint density at radius 2 is 2.00 bits per heavy atom. The van der Waals surface area contributed by atoms with Crippen LogP contribution in [0.4, 0.5) is 8.78 Å². The van der Waals surface area contributed by atoms with Crippen molar-refractivity contribution >= 4 is 11.8 Å². The van der Waals surface area contributed by atoms with Crippen LogP contribution in [0.25, 0.3) is 0 Å². The topological polar surface area (TPSA) is 53.6 Å². The van der Waals surface area contributed by atoms with E-state index in [1.54, 1.807) is 6.92 Å². The molecule has 0 atom stereocenters. The maximum absolute atomic E-state index is 14.0. The Morgan fingerprint density at radius 3 is 2.55 bits per heavy atom. The van der Waals surface area contributed by atoms with Gasteiger partial charge in [0.05, 0.1) is 4.90 Å². The first-order valence-corrected chi connectivity index (χ1v) is 7.17. The van der Waals surface area contributed by atoms with Gasteiger partial charge in [-0.05, 0) is 49.3 Å². The van der Waals surface area contributed by atoms with Gasteiger partial charge in [0.25, 0.3) is 0 Å². The third-order valence-electron chi connectivity index (χ3n) is 2.58. The summed E-state index contributed by atoms with van der Waals surface area (Å²) in [6.07, 6.45) is 0.975. The number of aromatic amines is 1. The Kier molecular flexibility index (Phi) is 5.08. The fraction of sp³-hybridized carbons (Fsp3) is 0.385. The minimum atomic E-state index is -0.592. The molecule has 0 spiro atoms. The molecule has 0 aliphatic heterocycles. The first-order valence-electron chi connectivity index (χ1n) is 6.35. The van der Waals surface area contributed by atoms with E-state index >= 15 is 0 Å². The predicted octanol–water partition coefficient (Wildman–Crippen LogP) is 3.04. The number of rotatable bonds is 6. The van der Waals surface area contributed by atoms with Crippen LogP contribution < -0.4 is 5.32 Å². The average molecular weight is 298 g/mol. The molecule has 4 nitrogen and oxygen atoms in total. The molecule has 2 aromatic rings. The number of hydrogen-bond donors (Lipinski definition) is 2. The Balaban J connectivity index is 2.14. The van der Waals surface area contributed by atoms with E-state index in [2.05, 4.69) is 20.5 Å². The van der Waals surface area contributed by atoms with Gasteiger partial charge >= 0.3 is 0 Å². The summed E-state index contributed by atoms with van der Waals surface area (Å²) in [5.41, 5.74) is 0.587. The SMILES string of the molecule is CCCNCc1cc(F)c(Sc2n[nH]c(C)n2)c(F)c1. The van der Waals surface area contributed by atoms with Crippen molar-refractivity contribution in [2.24, 2.45) is 0 Å². The molecule has 0 radical (unpaired) electrons. The van der Waals surface area contributed by atoms with Gasteiger partial charge < -0.3 is 5.32 Å². The highest BCUT2D eigenvalue weighted by atomic mass is 32.2. The van der Waals surface area contributed by atoms with Gasteiger partial charge in [-0.3, -0.25) is 5.10 Å². The van der Waals surface area contributed by atoms with Crippen LogP contribution in [0, 0.1) is 18.6 Å². The lowest BCUT2D eigenvalue weighted by Crippen LogP contribution is -2.14. The molecule has 0 saturated carbocycles. The van der Waals surface area contributed by atoms with E-state index in [1.807, 2.05) is 6.92 Å². The molecule has 0 bridgehead atoms. The number of aromatic nitrogens is 3. The van der Waals surface area contributed by atoms with Crippen LogP contribution >= 0.6 is 11.8 Å². The van der Waals surface area contributed by atoms with Crippen molar-refractivity contribution in [1.82, 2.24) is 20.5 Å². The van der Waals surface area contributed by atoms with E-state index in [9.17, 15) is 8.78 Å². The van der Waals surface area contributed by atoms with Crippen molar-refractivity contribution < 1.29 is 8.78 Å². The van der Waals surface area contributed by atoms with Gasteiger partial charge in [0.15, 0.2) is 0 Å². The molecule has 2 N–H and O–H groups in total. The Labute approximate surface area is 120 Å². The second-order valence-electron chi connectivity index (χ2n) is 4.37. The minimum Gasteiger partial charge on any atom is -0.313 e. The third kappa shape index (κ3) is 3.77. The van der Waals surface area contributed by atoms with Gasteiger partial charge in [-0.1, -0.05) is 6.92 Å². The average Bonchev–Trinajstić information content (AvgIpc) is 2.80. The molecule has 0 unspecified atom stereocenters. The van der Waals surface area contributed by atoms with Gasteiger partial charge in [-0.25, -0.2) is 13.8 Å². The van der Waals surface area contributed by atoms with Crippen molar-refractivity contribution in [2.75, 3.05) is 6.54 Å². The van der Waals surface area contributed by atoms with Crippen molar-refractivity contribution in [3.8, 4) is 0 Å². The van der Waals surface area contributed by atoms with Gasteiger partial charge in [0.2, 0.25) is 5.16 Å². The summed E-state index contributed by atoms with van der Waals surface area (Å²) < 4.78 is 27.9. The number of nitrogens with zero attached hydrogens (tertiary/aromatic N) is 2. The van der Waals surface area contributed by atoms with Gasteiger partial charge in [0.1, 0.15) is 17.5 Å². The van der Waals surface area contributed by atoms with E-state index in [1.165, 1.54) is 12.1 Å². The highest BCUT2D eigenvalue weighted by Crippen LogP contribution is 2.30. The highest BCUT2D eigenvalue weighted by molar-refractivity contribution is 7.99. The summed E-state index contributed by atoms with van der Waals surface area (Å²) in [7, 11) is 0. The highest BCUT2D eigenvalue weighted by Gasteiger charge is 2.15. The molecule has 2 rings (SSSR count). The van der Waals surface area contributed by atoms with E-state index < -0.39 is 11.6 Å². The summed E-state index contributed by atoms with van der Waals surface area (Å²) in [5.74, 6) is -0.579. The lowest BCUT2D eigenvalue weighted by atomic mass is 10.2. The maximum Gasteiger partial charge on any atom is 0.213 e. The van der Waals surface area contributed by atoms with Crippen LogP contribution in [0.2, 0.25) is 0 Å². The van der Waals surface area contributed by atoms with Crippen LogP contribution in [0.1, 0.15) is 24.7 Å². The van der Waals surface area contributed by atoms with Crippen LogP contribution in [0.15, 0.2) is 22.2 Å². The smallest absolute Gasteiger partial charge is 0.213 e. The monoisotopic (exact) mass is 298 g/mol. The minimum absolute atomic E-state index is 0.0803. The molecule has 1 aromatic heterocycles. The van der Waals surface area contributed by atoms with Crippen LogP contribution in [-0.2, 0) is 6.54 Å².